The van der Waals surface area contributed by atoms with E-state index >= 15 is 0 Å². The second-order valence-corrected chi connectivity index (χ2v) is 6.69. The fourth-order valence-electron chi connectivity index (χ4n) is 2.87. The van der Waals surface area contributed by atoms with Crippen molar-refractivity contribution in [2.24, 2.45) is 0 Å². The molecule has 6 heteroatoms. The molecule has 30 heavy (non-hydrogen) atoms. The summed E-state index contributed by atoms with van der Waals surface area (Å²) >= 11 is 0. The highest BCUT2D eigenvalue weighted by Crippen LogP contribution is 2.14. The molecule has 0 aliphatic heterocycles. The Balaban J connectivity index is 1.53. The third-order valence-electron chi connectivity index (χ3n) is 4.36. The van der Waals surface area contributed by atoms with Gasteiger partial charge in [0.15, 0.2) is 6.10 Å². The van der Waals surface area contributed by atoms with Gasteiger partial charge in [-0.2, -0.15) is 5.10 Å². The maximum absolute atomic E-state index is 12.4. The SMILES string of the molecule is CCOc1ccc(C(=O)[C@H](C)OC(=O)/C=C/c2cnn(Cc3ccccc3)c2)cc1. The molecule has 0 aliphatic carbocycles. The van der Waals surface area contributed by atoms with Gasteiger partial charge < -0.3 is 9.47 Å². The molecule has 154 valence electrons. The largest absolute Gasteiger partial charge is 0.494 e. The Morgan fingerprint density at radius 2 is 1.83 bits per heavy atom. The maximum atomic E-state index is 12.4. The lowest BCUT2D eigenvalue weighted by Gasteiger charge is -2.11. The van der Waals surface area contributed by atoms with Crippen LogP contribution in [0.4, 0.5) is 0 Å². The monoisotopic (exact) mass is 404 g/mol. The number of hydrogen-bond donors (Lipinski definition) is 0. The summed E-state index contributed by atoms with van der Waals surface area (Å²) in [6, 6.07) is 16.7. The third kappa shape index (κ3) is 5.91. The summed E-state index contributed by atoms with van der Waals surface area (Å²) in [5.74, 6) is -0.164. The summed E-state index contributed by atoms with van der Waals surface area (Å²) < 4.78 is 12.4. The van der Waals surface area contributed by atoms with Crippen LogP contribution >= 0.6 is 0 Å². The molecular formula is C24H24N2O4. The van der Waals surface area contributed by atoms with Crippen LogP contribution in [0.15, 0.2) is 73.1 Å². The van der Waals surface area contributed by atoms with Crippen molar-refractivity contribution in [1.82, 2.24) is 9.78 Å². The Bertz CT molecular complexity index is 1010. The van der Waals surface area contributed by atoms with Gasteiger partial charge in [0.1, 0.15) is 5.75 Å². The van der Waals surface area contributed by atoms with Crippen LogP contribution in [0, 0.1) is 0 Å². The first-order chi connectivity index (χ1) is 14.5. The summed E-state index contributed by atoms with van der Waals surface area (Å²) in [7, 11) is 0. The maximum Gasteiger partial charge on any atom is 0.331 e. The minimum absolute atomic E-state index is 0.268. The Morgan fingerprint density at radius 1 is 1.10 bits per heavy atom. The van der Waals surface area contributed by atoms with Crippen molar-refractivity contribution in [2.75, 3.05) is 6.61 Å². The van der Waals surface area contributed by atoms with Crippen molar-refractivity contribution >= 4 is 17.8 Å². The molecule has 1 aromatic heterocycles. The number of carbonyl (C=O) groups is 2. The van der Waals surface area contributed by atoms with Gasteiger partial charge in [-0.1, -0.05) is 30.3 Å². The number of hydrogen-bond acceptors (Lipinski definition) is 5. The zero-order chi connectivity index (χ0) is 21.3. The predicted molar refractivity (Wildman–Crippen MR) is 114 cm³/mol. The molecule has 2 aromatic carbocycles. The van der Waals surface area contributed by atoms with Crippen molar-refractivity contribution in [3.05, 3.63) is 89.8 Å². The Hall–Kier alpha value is -3.67. The van der Waals surface area contributed by atoms with Gasteiger partial charge in [-0.25, -0.2) is 4.79 Å². The lowest BCUT2D eigenvalue weighted by Crippen LogP contribution is -2.23. The molecule has 0 spiro atoms. The van der Waals surface area contributed by atoms with Gasteiger partial charge in [-0.05, 0) is 49.8 Å². The lowest BCUT2D eigenvalue weighted by atomic mass is 10.1. The Morgan fingerprint density at radius 3 is 2.53 bits per heavy atom. The fraction of sp³-hybridized carbons (Fsp3) is 0.208. The third-order valence-corrected chi connectivity index (χ3v) is 4.36. The molecule has 6 nitrogen and oxygen atoms in total. The van der Waals surface area contributed by atoms with Crippen LogP contribution in [0.1, 0.15) is 35.3 Å². The second-order valence-electron chi connectivity index (χ2n) is 6.69. The molecule has 1 atom stereocenters. The number of benzene rings is 2. The number of esters is 1. The second kappa shape index (κ2) is 10.2. The summed E-state index contributed by atoms with van der Waals surface area (Å²) in [5, 5.41) is 4.29. The molecule has 3 aromatic rings. The van der Waals surface area contributed by atoms with E-state index in [-0.39, 0.29) is 5.78 Å². The highest BCUT2D eigenvalue weighted by Gasteiger charge is 2.18. The highest BCUT2D eigenvalue weighted by atomic mass is 16.5. The molecule has 0 bridgehead atoms. The molecule has 0 saturated heterocycles. The van der Waals surface area contributed by atoms with E-state index in [4.69, 9.17) is 9.47 Å². The normalized spacial score (nSPS) is 11.9. The molecular weight excluding hydrogens is 380 g/mol. The first-order valence-corrected chi connectivity index (χ1v) is 9.77. The molecule has 0 aliphatic rings. The average molecular weight is 404 g/mol. The van der Waals surface area contributed by atoms with E-state index in [1.807, 2.05) is 43.5 Å². The first kappa shape index (κ1) is 21.0. The van der Waals surface area contributed by atoms with Crippen LogP contribution in [0.5, 0.6) is 5.75 Å². The van der Waals surface area contributed by atoms with Crippen LogP contribution < -0.4 is 4.74 Å². The van der Waals surface area contributed by atoms with E-state index in [1.165, 1.54) is 6.08 Å². The highest BCUT2D eigenvalue weighted by molar-refractivity contribution is 6.01. The van der Waals surface area contributed by atoms with E-state index in [0.29, 0.717) is 24.5 Å². The topological polar surface area (TPSA) is 70.4 Å². The summed E-state index contributed by atoms with van der Waals surface area (Å²) in [5.41, 5.74) is 2.37. The van der Waals surface area contributed by atoms with Gasteiger partial charge in [-0.15, -0.1) is 0 Å². The molecule has 0 unspecified atom stereocenters. The first-order valence-electron chi connectivity index (χ1n) is 9.77. The number of nitrogens with zero attached hydrogens (tertiary/aromatic N) is 2. The zero-order valence-corrected chi connectivity index (χ0v) is 17.0. The van der Waals surface area contributed by atoms with Crippen molar-refractivity contribution in [3.8, 4) is 5.75 Å². The van der Waals surface area contributed by atoms with Gasteiger partial charge >= 0.3 is 5.97 Å². The Labute approximate surface area is 175 Å². The predicted octanol–water partition coefficient (Wildman–Crippen LogP) is 4.16. The molecule has 0 saturated carbocycles. The molecule has 1 heterocycles. The summed E-state index contributed by atoms with van der Waals surface area (Å²) in [6.07, 6.45) is 5.53. The van der Waals surface area contributed by atoms with Crippen LogP contribution in [0.25, 0.3) is 6.08 Å². The zero-order valence-electron chi connectivity index (χ0n) is 17.0. The van der Waals surface area contributed by atoms with E-state index in [9.17, 15) is 9.59 Å². The number of rotatable bonds is 9. The number of ether oxygens (including phenoxy) is 2. The lowest BCUT2D eigenvalue weighted by molar-refractivity contribution is -0.140. The molecule has 0 amide bonds. The van der Waals surface area contributed by atoms with E-state index in [0.717, 1.165) is 11.1 Å². The van der Waals surface area contributed by atoms with Crippen LogP contribution in [0.3, 0.4) is 0 Å². The molecule has 0 fully saturated rings. The molecule has 3 rings (SSSR count). The van der Waals surface area contributed by atoms with Gasteiger partial charge in [0.2, 0.25) is 5.78 Å². The van der Waals surface area contributed by atoms with Gasteiger partial charge in [-0.3, -0.25) is 9.48 Å². The van der Waals surface area contributed by atoms with Crippen molar-refractivity contribution in [3.63, 3.8) is 0 Å². The standard InChI is InChI=1S/C24H24N2O4/c1-3-29-22-12-10-21(11-13-22)24(28)18(2)30-23(27)14-9-20-15-25-26(17-20)16-19-7-5-4-6-8-19/h4-15,17-18H,3,16H2,1-2H3/b14-9+/t18-/m0/s1. The minimum atomic E-state index is -0.888. The number of Topliss-reactive ketones (excluding diaryl/α,β-unsaturated/α-hetero) is 1. The van der Waals surface area contributed by atoms with Gasteiger partial charge in [0.05, 0.1) is 19.3 Å². The molecule has 0 N–H and O–H groups in total. The van der Waals surface area contributed by atoms with Gasteiger partial charge in [0, 0.05) is 23.4 Å². The van der Waals surface area contributed by atoms with Crippen LogP contribution in [-0.4, -0.2) is 34.2 Å². The fourth-order valence-corrected chi connectivity index (χ4v) is 2.87. The molecule has 0 radical (unpaired) electrons. The van der Waals surface area contributed by atoms with Crippen molar-refractivity contribution in [1.29, 1.82) is 0 Å². The Kier molecular flexibility index (Phi) is 7.16. The number of ketones is 1. The van der Waals surface area contributed by atoms with Crippen molar-refractivity contribution < 1.29 is 19.1 Å². The number of aromatic nitrogens is 2. The van der Waals surface area contributed by atoms with E-state index < -0.39 is 12.1 Å². The number of carbonyl (C=O) groups excluding carboxylic acids is 2. The summed E-state index contributed by atoms with van der Waals surface area (Å²) in [4.78, 5) is 24.5. The van der Waals surface area contributed by atoms with Crippen LogP contribution in [-0.2, 0) is 16.1 Å². The summed E-state index contributed by atoms with van der Waals surface area (Å²) in [6.45, 7) is 4.65. The average Bonchev–Trinajstić information content (AvgIpc) is 3.20. The van der Waals surface area contributed by atoms with E-state index in [2.05, 4.69) is 5.10 Å². The van der Waals surface area contributed by atoms with Crippen LogP contribution in [0.2, 0.25) is 0 Å². The smallest absolute Gasteiger partial charge is 0.331 e. The van der Waals surface area contributed by atoms with Gasteiger partial charge in [0.25, 0.3) is 0 Å². The minimum Gasteiger partial charge on any atom is -0.494 e. The van der Waals surface area contributed by atoms with Crippen molar-refractivity contribution in [2.45, 2.75) is 26.5 Å². The van der Waals surface area contributed by atoms with E-state index in [1.54, 1.807) is 48.1 Å². The quantitative estimate of drug-likeness (QED) is 0.304.